The van der Waals surface area contributed by atoms with Gasteiger partial charge in [-0.05, 0) is 24.3 Å². The summed E-state index contributed by atoms with van der Waals surface area (Å²) >= 11 is 0. The minimum atomic E-state index is -0.230. The van der Waals surface area contributed by atoms with Crippen LogP contribution in [0.1, 0.15) is 0 Å². The van der Waals surface area contributed by atoms with E-state index in [-0.39, 0.29) is 12.5 Å². The Kier molecular flexibility index (Phi) is 4.26. The van der Waals surface area contributed by atoms with E-state index in [1.54, 1.807) is 28.9 Å². The number of carbonyl (C=O) groups excluding carboxylic acids is 1. The molecule has 1 amide bonds. The van der Waals surface area contributed by atoms with E-state index in [1.165, 1.54) is 0 Å². The third-order valence-electron chi connectivity index (χ3n) is 3.71. The fourth-order valence-corrected chi connectivity index (χ4v) is 2.51. The van der Waals surface area contributed by atoms with Gasteiger partial charge in [-0.25, -0.2) is 4.98 Å². The minimum absolute atomic E-state index is 0.0573. The number of hydrogen-bond donors (Lipinski definition) is 1. The van der Waals surface area contributed by atoms with Gasteiger partial charge in [0.25, 0.3) is 11.7 Å². The molecular weight excluding hydrogens is 330 g/mol. The van der Waals surface area contributed by atoms with Crippen LogP contribution in [0.3, 0.4) is 0 Å². The summed E-state index contributed by atoms with van der Waals surface area (Å²) in [6.07, 6.45) is 5.25. The number of aromatic nitrogens is 4. The Morgan fingerprint density at radius 3 is 2.85 bits per heavy atom. The van der Waals surface area contributed by atoms with Crippen molar-refractivity contribution in [1.29, 1.82) is 0 Å². The Hall–Kier alpha value is -3.74. The number of para-hydroxylation sites is 1. The molecule has 7 nitrogen and oxygen atoms in total. The lowest BCUT2D eigenvalue weighted by molar-refractivity contribution is -0.118. The first-order chi connectivity index (χ1) is 12.8. The van der Waals surface area contributed by atoms with Crippen LogP contribution >= 0.6 is 0 Å². The Labute approximate surface area is 149 Å². The second-order valence-electron chi connectivity index (χ2n) is 5.58. The van der Waals surface area contributed by atoms with Crippen LogP contribution in [-0.4, -0.2) is 32.1 Å². The second kappa shape index (κ2) is 7.02. The zero-order chi connectivity index (χ0) is 17.8. The Balaban J connectivity index is 1.46. The van der Waals surface area contributed by atoms with Gasteiger partial charge >= 0.3 is 0 Å². The zero-order valence-electron chi connectivity index (χ0n) is 13.7. The summed E-state index contributed by atoms with van der Waals surface area (Å²) in [6, 6.07) is 16.7. The smallest absolute Gasteiger partial charge is 0.262 e. The first-order valence-corrected chi connectivity index (χ1v) is 8.02. The molecule has 0 unspecified atom stereocenters. The summed E-state index contributed by atoms with van der Waals surface area (Å²) in [5.41, 5.74) is 2.30. The molecule has 0 bridgehead atoms. The van der Waals surface area contributed by atoms with Gasteiger partial charge in [-0.15, -0.1) is 5.10 Å². The maximum absolute atomic E-state index is 12.1. The van der Waals surface area contributed by atoms with E-state index in [9.17, 15) is 4.79 Å². The number of nitrogens with one attached hydrogen (secondary N) is 1. The van der Waals surface area contributed by atoms with Crippen LogP contribution in [0.15, 0.2) is 73.2 Å². The van der Waals surface area contributed by atoms with Crippen molar-refractivity contribution in [3.05, 3.63) is 73.2 Å². The maximum Gasteiger partial charge on any atom is 0.262 e. The standard InChI is InChI=1S/C19H15N5O2/c25-18(13-26-16-7-2-1-3-8-16)21-15-6-4-5-14(11-15)17-12-24-10-9-20-23-19(24)22-17/h1-12H,13H2,(H,21,25). The first-order valence-electron chi connectivity index (χ1n) is 8.02. The third-order valence-corrected chi connectivity index (χ3v) is 3.71. The van der Waals surface area contributed by atoms with E-state index in [4.69, 9.17) is 4.74 Å². The van der Waals surface area contributed by atoms with Crippen LogP contribution in [-0.2, 0) is 4.79 Å². The predicted octanol–water partition coefficient (Wildman–Crippen LogP) is 2.81. The topological polar surface area (TPSA) is 81.4 Å². The van der Waals surface area contributed by atoms with Crippen LogP contribution in [0, 0.1) is 0 Å². The number of benzene rings is 2. The van der Waals surface area contributed by atoms with Crippen molar-refractivity contribution in [2.24, 2.45) is 0 Å². The van der Waals surface area contributed by atoms with Crippen molar-refractivity contribution in [2.75, 3.05) is 11.9 Å². The van der Waals surface area contributed by atoms with Crippen molar-refractivity contribution < 1.29 is 9.53 Å². The Bertz CT molecular complexity index is 1010. The van der Waals surface area contributed by atoms with Crippen molar-refractivity contribution in [3.8, 4) is 17.0 Å². The molecule has 1 N–H and O–H groups in total. The number of rotatable bonds is 5. The van der Waals surface area contributed by atoms with E-state index in [0.29, 0.717) is 17.2 Å². The van der Waals surface area contributed by atoms with Crippen molar-refractivity contribution in [3.63, 3.8) is 0 Å². The monoisotopic (exact) mass is 345 g/mol. The molecule has 2 aromatic carbocycles. The number of carbonyl (C=O) groups is 1. The molecule has 0 fully saturated rings. The molecular formula is C19H15N5O2. The number of fused-ring (bicyclic) bond motifs is 1. The molecule has 4 rings (SSSR count). The van der Waals surface area contributed by atoms with Crippen LogP contribution in [0.5, 0.6) is 5.75 Å². The maximum atomic E-state index is 12.1. The average Bonchev–Trinajstić information content (AvgIpc) is 3.12. The summed E-state index contributed by atoms with van der Waals surface area (Å²) in [4.78, 5) is 16.5. The van der Waals surface area contributed by atoms with Gasteiger partial charge < -0.3 is 10.1 Å². The number of imidazole rings is 1. The van der Waals surface area contributed by atoms with Crippen molar-refractivity contribution in [2.45, 2.75) is 0 Å². The van der Waals surface area contributed by atoms with Crippen LogP contribution < -0.4 is 10.1 Å². The predicted molar refractivity (Wildman–Crippen MR) is 96.8 cm³/mol. The SMILES string of the molecule is O=C(COc1ccccc1)Nc1cccc(-c2cn3ccnnc3n2)c1. The van der Waals surface area contributed by atoms with Gasteiger partial charge in [-0.2, -0.15) is 5.10 Å². The third kappa shape index (κ3) is 3.51. The Morgan fingerprint density at radius 1 is 1.12 bits per heavy atom. The summed E-state index contributed by atoms with van der Waals surface area (Å²) in [6.45, 7) is -0.0573. The number of nitrogens with zero attached hydrogens (tertiary/aromatic N) is 4. The van der Waals surface area contributed by atoms with Gasteiger partial charge in [0.2, 0.25) is 0 Å². The second-order valence-corrected chi connectivity index (χ2v) is 5.58. The molecule has 0 aliphatic rings. The molecule has 0 aliphatic heterocycles. The lowest BCUT2D eigenvalue weighted by atomic mass is 10.1. The van der Waals surface area contributed by atoms with Crippen molar-refractivity contribution in [1.82, 2.24) is 19.6 Å². The van der Waals surface area contributed by atoms with Crippen LogP contribution in [0.4, 0.5) is 5.69 Å². The van der Waals surface area contributed by atoms with Crippen LogP contribution in [0.2, 0.25) is 0 Å². The van der Waals surface area contributed by atoms with Gasteiger partial charge in [-0.3, -0.25) is 9.20 Å². The zero-order valence-corrected chi connectivity index (χ0v) is 13.7. The quantitative estimate of drug-likeness (QED) is 0.601. The largest absolute Gasteiger partial charge is 0.484 e. The molecule has 2 heterocycles. The molecule has 0 radical (unpaired) electrons. The summed E-state index contributed by atoms with van der Waals surface area (Å²) in [5.74, 6) is 0.947. The molecule has 0 saturated heterocycles. The van der Waals surface area contributed by atoms with E-state index in [0.717, 1.165) is 11.3 Å². The summed E-state index contributed by atoms with van der Waals surface area (Å²) in [5, 5.41) is 10.6. The fourth-order valence-electron chi connectivity index (χ4n) is 2.51. The van der Waals surface area contributed by atoms with E-state index >= 15 is 0 Å². The molecule has 4 aromatic rings. The van der Waals surface area contributed by atoms with Gasteiger partial charge in [0.15, 0.2) is 6.61 Å². The molecule has 128 valence electrons. The van der Waals surface area contributed by atoms with E-state index < -0.39 is 0 Å². The number of ether oxygens (including phenoxy) is 1. The molecule has 0 saturated carbocycles. The van der Waals surface area contributed by atoms with Crippen LogP contribution in [0.25, 0.3) is 17.0 Å². The summed E-state index contributed by atoms with van der Waals surface area (Å²) in [7, 11) is 0. The highest BCUT2D eigenvalue weighted by Crippen LogP contribution is 2.22. The average molecular weight is 345 g/mol. The Morgan fingerprint density at radius 2 is 2.00 bits per heavy atom. The van der Waals surface area contributed by atoms with E-state index in [1.807, 2.05) is 48.7 Å². The number of amides is 1. The van der Waals surface area contributed by atoms with Gasteiger partial charge in [0, 0.05) is 23.6 Å². The lowest BCUT2D eigenvalue weighted by Gasteiger charge is -2.08. The summed E-state index contributed by atoms with van der Waals surface area (Å²) < 4.78 is 7.24. The number of hydrogen-bond acceptors (Lipinski definition) is 5. The van der Waals surface area contributed by atoms with Crippen molar-refractivity contribution >= 4 is 17.4 Å². The van der Waals surface area contributed by atoms with Gasteiger partial charge in [-0.1, -0.05) is 30.3 Å². The molecule has 0 atom stereocenters. The normalized spacial score (nSPS) is 10.6. The first kappa shape index (κ1) is 15.8. The molecule has 2 aromatic heterocycles. The molecule has 0 aliphatic carbocycles. The molecule has 26 heavy (non-hydrogen) atoms. The number of anilines is 1. The highest BCUT2D eigenvalue weighted by molar-refractivity contribution is 5.92. The lowest BCUT2D eigenvalue weighted by Crippen LogP contribution is -2.20. The van der Waals surface area contributed by atoms with Gasteiger partial charge in [0.1, 0.15) is 5.75 Å². The highest BCUT2D eigenvalue weighted by Gasteiger charge is 2.08. The fraction of sp³-hybridized carbons (Fsp3) is 0.0526. The van der Waals surface area contributed by atoms with E-state index in [2.05, 4.69) is 20.5 Å². The highest BCUT2D eigenvalue weighted by atomic mass is 16.5. The molecule has 0 spiro atoms. The minimum Gasteiger partial charge on any atom is -0.484 e. The molecule has 7 heteroatoms. The van der Waals surface area contributed by atoms with Gasteiger partial charge in [0.05, 0.1) is 11.9 Å².